The predicted octanol–water partition coefficient (Wildman–Crippen LogP) is 3.67. The van der Waals surface area contributed by atoms with Gasteiger partial charge in [0.25, 0.3) is 0 Å². The minimum atomic E-state index is -1.22. The summed E-state index contributed by atoms with van der Waals surface area (Å²) in [4.78, 5) is 40.5. The number of halogens is 1. The molecule has 0 unspecified atom stereocenters. The number of rotatable bonds is 3. The molecule has 3 amide bonds. The van der Waals surface area contributed by atoms with E-state index in [1.807, 2.05) is 54.6 Å². The maximum atomic E-state index is 13.6. The molecule has 1 aliphatic heterocycles. The molecule has 0 aromatic heterocycles. The van der Waals surface area contributed by atoms with Crippen LogP contribution in [-0.2, 0) is 25.2 Å². The lowest BCUT2D eigenvalue weighted by molar-refractivity contribution is -0.137. The number of hydrogen-bond acceptors (Lipinski definition) is 5. The van der Waals surface area contributed by atoms with Gasteiger partial charge < -0.3 is 20.7 Å². The number of ether oxygens (including phenoxy) is 1. The number of fused-ring (bicyclic) bond motifs is 1. The summed E-state index contributed by atoms with van der Waals surface area (Å²) < 4.78 is 6.90. The molecule has 1 saturated carbocycles. The van der Waals surface area contributed by atoms with E-state index in [2.05, 4.69) is 49.9 Å². The first kappa shape index (κ1) is 30.0. The molecule has 9 heteroatoms. The zero-order valence-electron chi connectivity index (χ0n) is 23.2. The van der Waals surface area contributed by atoms with Gasteiger partial charge in [-0.3, -0.25) is 19.7 Å². The Hall–Kier alpha value is -2.92. The van der Waals surface area contributed by atoms with E-state index in [4.69, 9.17) is 4.74 Å². The first-order valence-electron chi connectivity index (χ1n) is 13.9. The second-order valence-corrected chi connectivity index (χ2v) is 11.8. The summed E-state index contributed by atoms with van der Waals surface area (Å²) >= 11 is 2.30. The van der Waals surface area contributed by atoms with Crippen molar-refractivity contribution in [2.24, 2.45) is 0 Å². The van der Waals surface area contributed by atoms with E-state index in [1.165, 1.54) is 0 Å². The number of carbonyl (C=O) groups excluding carboxylic acids is 3. The number of carbonyl (C=O) groups is 3. The Morgan fingerprint density at radius 1 is 0.975 bits per heavy atom. The Labute approximate surface area is 250 Å². The molecule has 2 aromatic rings. The summed E-state index contributed by atoms with van der Waals surface area (Å²) in [6, 6.07) is 14.9. The van der Waals surface area contributed by atoms with E-state index >= 15 is 0 Å². The minimum absolute atomic E-state index is 0.203. The van der Waals surface area contributed by atoms with Crippen LogP contribution in [-0.4, -0.2) is 54.5 Å². The number of amides is 3. The van der Waals surface area contributed by atoms with Gasteiger partial charge in [-0.25, -0.2) is 0 Å². The normalized spacial score (nSPS) is 22.6. The van der Waals surface area contributed by atoms with Crippen molar-refractivity contribution in [3.8, 4) is 5.75 Å². The average molecular weight is 659 g/mol. The van der Waals surface area contributed by atoms with Crippen LogP contribution < -0.4 is 26.0 Å². The van der Waals surface area contributed by atoms with Gasteiger partial charge in [0.1, 0.15) is 23.9 Å². The Bertz CT molecular complexity index is 1240. The van der Waals surface area contributed by atoms with Gasteiger partial charge in [-0.05, 0) is 43.9 Å². The highest BCUT2D eigenvalue weighted by Gasteiger charge is 2.44. The monoisotopic (exact) mass is 658 g/mol. The van der Waals surface area contributed by atoms with Crippen molar-refractivity contribution in [3.63, 3.8) is 0 Å². The quantitative estimate of drug-likeness (QED) is 0.298. The molecule has 8 nitrogen and oxygen atoms in total. The predicted molar refractivity (Wildman–Crippen MR) is 165 cm³/mol. The van der Waals surface area contributed by atoms with Crippen LogP contribution in [0.5, 0.6) is 5.75 Å². The van der Waals surface area contributed by atoms with Gasteiger partial charge in [-0.2, -0.15) is 0 Å². The Kier molecular flexibility index (Phi) is 10.2. The fourth-order valence-electron chi connectivity index (χ4n) is 5.22. The highest BCUT2D eigenvalue weighted by atomic mass is 127. The molecule has 214 valence electrons. The number of hydrogen-bond donors (Lipinski definition) is 4. The molecule has 1 heterocycles. The van der Waals surface area contributed by atoms with E-state index in [0.717, 1.165) is 39.7 Å². The van der Waals surface area contributed by atoms with E-state index in [0.29, 0.717) is 32.4 Å². The summed E-state index contributed by atoms with van der Waals surface area (Å²) in [5.74, 6) is -0.169. The standard InChI is InChI=1S/C31H39IN4O4/c1-30(2)28(38)35-25(20-22-9-7-10-23(19-22)21-32)27(37)33-16-8-12-24-11-3-4-13-26(24)40-18-17-34-31(29(39)36-30)14-5-6-15-31/h3-4,7-13,19,25,34H,5-6,14-18,20-21H2,1-2H3,(H,33,37)(H,35,38)(H,36,39)/b12-8+/t25-/m0/s1. The fraction of sp³-hybridized carbons (Fsp3) is 0.452. The van der Waals surface area contributed by atoms with E-state index in [1.54, 1.807) is 13.8 Å². The lowest BCUT2D eigenvalue weighted by atomic mass is 9.93. The van der Waals surface area contributed by atoms with Crippen molar-refractivity contribution in [2.75, 3.05) is 19.7 Å². The van der Waals surface area contributed by atoms with Crippen molar-refractivity contribution in [1.29, 1.82) is 0 Å². The topological polar surface area (TPSA) is 109 Å². The number of para-hydroxylation sites is 1. The number of nitrogens with one attached hydrogen (secondary N) is 4. The lowest BCUT2D eigenvalue weighted by Gasteiger charge is -2.35. The second-order valence-electron chi connectivity index (χ2n) is 11.0. The van der Waals surface area contributed by atoms with Gasteiger partial charge in [-0.1, -0.05) is 90.0 Å². The molecule has 2 aromatic carbocycles. The van der Waals surface area contributed by atoms with Crippen molar-refractivity contribution in [3.05, 3.63) is 71.3 Å². The Balaban J connectivity index is 1.61. The maximum absolute atomic E-state index is 13.6. The summed E-state index contributed by atoms with van der Waals surface area (Å²) in [6.45, 7) is 4.52. The van der Waals surface area contributed by atoms with Crippen LogP contribution in [0, 0.1) is 0 Å². The van der Waals surface area contributed by atoms with Crippen LogP contribution in [0.4, 0.5) is 0 Å². The third-order valence-corrected chi connectivity index (χ3v) is 8.41. The van der Waals surface area contributed by atoms with Gasteiger partial charge >= 0.3 is 0 Å². The van der Waals surface area contributed by atoms with Crippen LogP contribution in [0.2, 0.25) is 0 Å². The zero-order chi connectivity index (χ0) is 28.6. The molecule has 1 atom stereocenters. The molecule has 0 saturated heterocycles. The fourth-order valence-corrected chi connectivity index (χ4v) is 5.69. The third kappa shape index (κ3) is 7.63. The van der Waals surface area contributed by atoms with Crippen molar-refractivity contribution in [1.82, 2.24) is 21.3 Å². The first-order valence-corrected chi connectivity index (χ1v) is 15.4. The molecular formula is C31H39IN4O4. The van der Waals surface area contributed by atoms with Gasteiger partial charge in [-0.15, -0.1) is 0 Å². The smallest absolute Gasteiger partial charge is 0.245 e. The molecule has 0 radical (unpaired) electrons. The highest BCUT2D eigenvalue weighted by molar-refractivity contribution is 14.1. The molecule has 4 N–H and O–H groups in total. The minimum Gasteiger partial charge on any atom is -0.492 e. The van der Waals surface area contributed by atoms with E-state index in [9.17, 15) is 14.4 Å². The third-order valence-electron chi connectivity index (χ3n) is 7.53. The molecule has 1 spiro atoms. The Morgan fingerprint density at radius 2 is 1.73 bits per heavy atom. The summed E-state index contributed by atoms with van der Waals surface area (Å²) in [6.07, 6.45) is 7.35. The molecule has 4 rings (SSSR count). The van der Waals surface area contributed by atoms with Crippen LogP contribution >= 0.6 is 22.6 Å². The average Bonchev–Trinajstić information content (AvgIpc) is 3.43. The highest BCUT2D eigenvalue weighted by Crippen LogP contribution is 2.30. The summed E-state index contributed by atoms with van der Waals surface area (Å²) in [5, 5.41) is 12.3. The molecule has 40 heavy (non-hydrogen) atoms. The van der Waals surface area contributed by atoms with Crippen molar-refractivity contribution < 1.29 is 19.1 Å². The largest absolute Gasteiger partial charge is 0.492 e. The SMILES string of the molecule is CC1(C)NC(=O)C2(CCCC2)NCCOc2ccccc2/C=C/CNC(=O)[C@H](Cc2cccc(CI)c2)NC1=O. The van der Waals surface area contributed by atoms with Gasteiger partial charge in [0.2, 0.25) is 17.7 Å². The zero-order valence-corrected chi connectivity index (χ0v) is 25.4. The summed E-state index contributed by atoms with van der Waals surface area (Å²) in [7, 11) is 0. The molecule has 1 fully saturated rings. The van der Waals surface area contributed by atoms with Crippen LogP contribution in [0.25, 0.3) is 6.08 Å². The van der Waals surface area contributed by atoms with Crippen molar-refractivity contribution in [2.45, 2.75) is 67.5 Å². The molecule has 1 aliphatic carbocycles. The molecule has 0 bridgehead atoms. The van der Waals surface area contributed by atoms with Crippen LogP contribution in [0.1, 0.15) is 56.2 Å². The second kappa shape index (κ2) is 13.6. The van der Waals surface area contributed by atoms with Crippen LogP contribution in [0.15, 0.2) is 54.6 Å². The first-order chi connectivity index (χ1) is 19.2. The van der Waals surface area contributed by atoms with Crippen molar-refractivity contribution >= 4 is 46.4 Å². The van der Waals surface area contributed by atoms with E-state index in [-0.39, 0.29) is 18.4 Å². The summed E-state index contributed by atoms with van der Waals surface area (Å²) in [5.41, 5.74) is 1.01. The number of alkyl halides is 1. The number of benzene rings is 2. The Morgan fingerprint density at radius 3 is 2.50 bits per heavy atom. The maximum Gasteiger partial charge on any atom is 0.245 e. The van der Waals surface area contributed by atoms with Crippen LogP contribution in [0.3, 0.4) is 0 Å². The molecule has 2 aliphatic rings. The van der Waals surface area contributed by atoms with Gasteiger partial charge in [0, 0.05) is 29.5 Å². The molecular weight excluding hydrogens is 619 g/mol. The van der Waals surface area contributed by atoms with Gasteiger partial charge in [0.15, 0.2) is 0 Å². The lowest BCUT2D eigenvalue weighted by Crippen LogP contribution is -2.65. The van der Waals surface area contributed by atoms with E-state index < -0.39 is 23.0 Å². The van der Waals surface area contributed by atoms with Gasteiger partial charge in [0.05, 0.1) is 5.54 Å².